The van der Waals surface area contributed by atoms with E-state index >= 15 is 0 Å². The topological polar surface area (TPSA) is 24.7 Å². The Morgan fingerprint density at radius 1 is 0.680 bits per heavy atom. The molecule has 0 radical (unpaired) electrons. The first-order chi connectivity index (χ1) is 12.3. The Morgan fingerprint density at radius 3 is 1.68 bits per heavy atom. The minimum atomic E-state index is 1.07. The Morgan fingerprint density at radius 2 is 1.20 bits per heavy atom. The van der Waals surface area contributed by atoms with Crippen LogP contribution in [0.25, 0.3) is 0 Å². The average molecular weight is 332 g/mol. The number of hydrogen-bond donors (Lipinski definition) is 0. The SMILES string of the molecule is CC/C=C/CCc1ccc(C=NN=Cc2ccc(CCC)cc2)cc1. The number of rotatable bonds is 9. The van der Waals surface area contributed by atoms with Crippen molar-refractivity contribution < 1.29 is 0 Å². The van der Waals surface area contributed by atoms with Gasteiger partial charge in [0.05, 0.1) is 12.4 Å². The zero-order chi connectivity index (χ0) is 17.7. The van der Waals surface area contributed by atoms with Gasteiger partial charge in [0.15, 0.2) is 0 Å². The van der Waals surface area contributed by atoms with Crippen molar-refractivity contribution in [2.24, 2.45) is 10.2 Å². The van der Waals surface area contributed by atoms with Gasteiger partial charge in [-0.1, -0.05) is 81.0 Å². The van der Waals surface area contributed by atoms with Gasteiger partial charge in [0, 0.05) is 0 Å². The molecule has 0 saturated carbocycles. The van der Waals surface area contributed by atoms with Crippen LogP contribution in [0.2, 0.25) is 0 Å². The summed E-state index contributed by atoms with van der Waals surface area (Å²) in [4.78, 5) is 0. The van der Waals surface area contributed by atoms with Crippen molar-refractivity contribution in [1.29, 1.82) is 0 Å². The third-order valence-electron chi connectivity index (χ3n) is 3.98. The van der Waals surface area contributed by atoms with Crippen molar-refractivity contribution in [3.8, 4) is 0 Å². The van der Waals surface area contributed by atoms with Crippen LogP contribution in [0.15, 0.2) is 70.9 Å². The lowest BCUT2D eigenvalue weighted by Gasteiger charge is -1.99. The van der Waals surface area contributed by atoms with Crippen LogP contribution in [0.5, 0.6) is 0 Å². The molecule has 2 aromatic rings. The lowest BCUT2D eigenvalue weighted by atomic mass is 10.1. The van der Waals surface area contributed by atoms with Gasteiger partial charge in [0.1, 0.15) is 0 Å². The zero-order valence-electron chi connectivity index (χ0n) is 15.4. The summed E-state index contributed by atoms with van der Waals surface area (Å²) in [5.74, 6) is 0. The van der Waals surface area contributed by atoms with E-state index in [4.69, 9.17) is 0 Å². The first kappa shape index (κ1) is 18.9. The first-order valence-electron chi connectivity index (χ1n) is 9.21. The van der Waals surface area contributed by atoms with Crippen molar-refractivity contribution >= 4 is 12.4 Å². The van der Waals surface area contributed by atoms with Crippen LogP contribution in [-0.4, -0.2) is 12.4 Å². The minimum Gasteiger partial charge on any atom is -0.159 e. The molecule has 0 bridgehead atoms. The molecule has 0 spiro atoms. The molecule has 0 aliphatic heterocycles. The van der Waals surface area contributed by atoms with Crippen LogP contribution in [0.3, 0.4) is 0 Å². The molecule has 0 amide bonds. The molecular formula is C23H28N2. The summed E-state index contributed by atoms with van der Waals surface area (Å²) in [7, 11) is 0. The quantitative estimate of drug-likeness (QED) is 0.306. The van der Waals surface area contributed by atoms with Crippen molar-refractivity contribution in [1.82, 2.24) is 0 Å². The van der Waals surface area contributed by atoms with Crippen molar-refractivity contribution in [2.45, 2.75) is 46.0 Å². The molecular weight excluding hydrogens is 304 g/mol. The van der Waals surface area contributed by atoms with Gasteiger partial charge in [-0.25, -0.2) is 0 Å². The van der Waals surface area contributed by atoms with E-state index in [9.17, 15) is 0 Å². The highest BCUT2D eigenvalue weighted by Gasteiger charge is 1.93. The van der Waals surface area contributed by atoms with Crippen LogP contribution in [0.1, 0.15) is 55.4 Å². The molecule has 25 heavy (non-hydrogen) atoms. The maximum Gasteiger partial charge on any atom is 0.0568 e. The average Bonchev–Trinajstić information content (AvgIpc) is 2.65. The molecule has 0 heterocycles. The maximum atomic E-state index is 4.15. The molecule has 0 N–H and O–H groups in total. The van der Waals surface area contributed by atoms with Crippen LogP contribution in [0.4, 0.5) is 0 Å². The Hall–Kier alpha value is -2.48. The van der Waals surface area contributed by atoms with E-state index in [-0.39, 0.29) is 0 Å². The molecule has 0 saturated heterocycles. The summed E-state index contributed by atoms with van der Waals surface area (Å²) in [6.07, 6.45) is 13.6. The highest BCUT2D eigenvalue weighted by Crippen LogP contribution is 2.07. The van der Waals surface area contributed by atoms with Crippen LogP contribution in [-0.2, 0) is 12.8 Å². The van der Waals surface area contributed by atoms with E-state index in [0.717, 1.165) is 36.8 Å². The highest BCUT2D eigenvalue weighted by atomic mass is 15.2. The number of nitrogens with zero attached hydrogens (tertiary/aromatic N) is 2. The number of benzene rings is 2. The number of allylic oxidation sites excluding steroid dienone is 2. The molecule has 0 unspecified atom stereocenters. The summed E-state index contributed by atoms with van der Waals surface area (Å²) >= 11 is 0. The molecule has 130 valence electrons. The Labute approximate surface area is 152 Å². The molecule has 0 aliphatic carbocycles. The first-order valence-corrected chi connectivity index (χ1v) is 9.21. The minimum absolute atomic E-state index is 1.07. The van der Waals surface area contributed by atoms with E-state index in [1.165, 1.54) is 17.5 Å². The third kappa shape index (κ3) is 7.30. The maximum absolute atomic E-state index is 4.15. The predicted octanol–water partition coefficient (Wildman–Crippen LogP) is 5.99. The second-order valence-electron chi connectivity index (χ2n) is 6.14. The van der Waals surface area contributed by atoms with Gasteiger partial charge in [-0.2, -0.15) is 10.2 Å². The van der Waals surface area contributed by atoms with Crippen molar-refractivity contribution in [3.63, 3.8) is 0 Å². The Balaban J connectivity index is 1.83. The highest BCUT2D eigenvalue weighted by molar-refractivity contribution is 5.82. The molecule has 0 aliphatic rings. The number of hydrogen-bond acceptors (Lipinski definition) is 2. The summed E-state index contributed by atoms with van der Waals surface area (Å²) in [5, 5.41) is 8.29. The second kappa shape index (κ2) is 11.1. The zero-order valence-corrected chi connectivity index (χ0v) is 15.4. The smallest absolute Gasteiger partial charge is 0.0568 e. The fraction of sp³-hybridized carbons (Fsp3) is 0.304. The van der Waals surface area contributed by atoms with E-state index in [1.54, 1.807) is 12.4 Å². The second-order valence-corrected chi connectivity index (χ2v) is 6.14. The predicted molar refractivity (Wildman–Crippen MR) is 110 cm³/mol. The summed E-state index contributed by atoms with van der Waals surface area (Å²) < 4.78 is 0. The lowest BCUT2D eigenvalue weighted by Crippen LogP contribution is -1.86. The van der Waals surface area contributed by atoms with E-state index < -0.39 is 0 Å². The monoisotopic (exact) mass is 332 g/mol. The van der Waals surface area contributed by atoms with Gasteiger partial charge >= 0.3 is 0 Å². The molecule has 0 fully saturated rings. The Kier molecular flexibility index (Phi) is 8.40. The van der Waals surface area contributed by atoms with Gasteiger partial charge < -0.3 is 0 Å². The fourth-order valence-electron chi connectivity index (χ4n) is 2.56. The van der Waals surface area contributed by atoms with Gasteiger partial charge in [0.25, 0.3) is 0 Å². The van der Waals surface area contributed by atoms with E-state index in [2.05, 4.69) is 84.7 Å². The molecule has 2 heteroatoms. The fourth-order valence-corrected chi connectivity index (χ4v) is 2.56. The van der Waals surface area contributed by atoms with Crippen LogP contribution in [0, 0.1) is 0 Å². The summed E-state index contributed by atoms with van der Waals surface area (Å²) in [6, 6.07) is 17.0. The summed E-state index contributed by atoms with van der Waals surface area (Å²) in [5.41, 5.74) is 4.87. The largest absolute Gasteiger partial charge is 0.159 e. The lowest BCUT2D eigenvalue weighted by molar-refractivity contribution is 0.922. The van der Waals surface area contributed by atoms with E-state index in [1.807, 2.05) is 0 Å². The molecule has 2 aromatic carbocycles. The van der Waals surface area contributed by atoms with Crippen LogP contribution >= 0.6 is 0 Å². The van der Waals surface area contributed by atoms with Crippen molar-refractivity contribution in [2.75, 3.05) is 0 Å². The van der Waals surface area contributed by atoms with Crippen molar-refractivity contribution in [3.05, 3.63) is 82.9 Å². The summed E-state index contributed by atoms with van der Waals surface area (Å²) in [6.45, 7) is 4.36. The molecule has 2 nitrogen and oxygen atoms in total. The third-order valence-corrected chi connectivity index (χ3v) is 3.98. The van der Waals surface area contributed by atoms with Gasteiger partial charge in [-0.05, 0) is 47.9 Å². The standard InChI is InChI=1S/C23H28N2/c1-3-5-6-7-9-21-12-16-23(17-13-21)19-25-24-18-22-14-10-20(8-4-2)11-15-22/h5-6,10-19H,3-4,7-9H2,1-2H3/b6-5+,24-18?,25-19?. The van der Waals surface area contributed by atoms with Crippen LogP contribution < -0.4 is 0 Å². The van der Waals surface area contributed by atoms with E-state index in [0.29, 0.717) is 0 Å². The van der Waals surface area contributed by atoms with Gasteiger partial charge in [-0.15, -0.1) is 0 Å². The Bertz CT molecular complexity index is 692. The molecule has 2 rings (SSSR count). The number of aryl methyl sites for hydroxylation is 2. The van der Waals surface area contributed by atoms with Gasteiger partial charge in [-0.3, -0.25) is 0 Å². The normalized spacial score (nSPS) is 11.9. The molecule has 0 aromatic heterocycles. The van der Waals surface area contributed by atoms with Gasteiger partial charge in [0.2, 0.25) is 0 Å². The molecule has 0 atom stereocenters.